The highest BCUT2D eigenvalue weighted by Crippen LogP contribution is 2.07. The van der Waals surface area contributed by atoms with Crippen molar-refractivity contribution < 1.29 is 9.63 Å². The third-order valence-electron chi connectivity index (χ3n) is 1.87. The number of carbonyl (C=O) groups is 1. The Labute approximate surface area is 94.5 Å². The van der Waals surface area contributed by atoms with E-state index in [1.807, 2.05) is 24.3 Å². The van der Waals surface area contributed by atoms with Crippen LogP contribution in [0.5, 0.6) is 0 Å². The van der Waals surface area contributed by atoms with Crippen molar-refractivity contribution in [1.29, 1.82) is 0 Å². The first-order valence-corrected chi connectivity index (χ1v) is 5.19. The lowest BCUT2D eigenvalue weighted by molar-refractivity contribution is -0.140. The van der Waals surface area contributed by atoms with Gasteiger partial charge in [0.15, 0.2) is 0 Å². The molecule has 0 radical (unpaired) electrons. The first-order valence-electron chi connectivity index (χ1n) is 4.56. The van der Waals surface area contributed by atoms with Crippen molar-refractivity contribution in [2.24, 2.45) is 5.16 Å². The fourth-order valence-electron chi connectivity index (χ4n) is 1.04. The van der Waals surface area contributed by atoms with Gasteiger partial charge in [0.05, 0.1) is 5.71 Å². The third-order valence-corrected chi connectivity index (χ3v) is 2.23. The third kappa shape index (κ3) is 3.75. The molecule has 15 heavy (non-hydrogen) atoms. The number of hydrogen-bond acceptors (Lipinski definition) is 4. The summed E-state index contributed by atoms with van der Waals surface area (Å²) in [5.41, 5.74) is 2.75. The summed E-state index contributed by atoms with van der Waals surface area (Å²) in [6.45, 7) is 3.11. The molecule has 0 unspecified atom stereocenters. The van der Waals surface area contributed by atoms with Crippen LogP contribution in [-0.2, 0) is 15.4 Å². The van der Waals surface area contributed by atoms with E-state index in [0.29, 0.717) is 11.5 Å². The molecule has 0 atom stereocenters. The van der Waals surface area contributed by atoms with E-state index < -0.39 is 5.97 Å². The second-order valence-electron chi connectivity index (χ2n) is 3.11. The van der Waals surface area contributed by atoms with E-state index in [2.05, 4.69) is 22.6 Å². The van der Waals surface area contributed by atoms with E-state index >= 15 is 0 Å². The van der Waals surface area contributed by atoms with Gasteiger partial charge in [0.2, 0.25) is 0 Å². The molecular weight excluding hydrogens is 210 g/mol. The SMILES string of the molecule is CC(=O)ON=C(C)c1ccc(CS)cc1. The topological polar surface area (TPSA) is 38.7 Å². The average molecular weight is 223 g/mol. The molecule has 0 spiro atoms. The summed E-state index contributed by atoms with van der Waals surface area (Å²) >= 11 is 4.16. The summed E-state index contributed by atoms with van der Waals surface area (Å²) in [5, 5.41) is 3.70. The van der Waals surface area contributed by atoms with Gasteiger partial charge in [-0.05, 0) is 18.1 Å². The number of nitrogens with zero attached hydrogens (tertiary/aromatic N) is 1. The summed E-state index contributed by atoms with van der Waals surface area (Å²) in [6, 6.07) is 7.78. The molecule has 0 saturated heterocycles. The normalized spacial score (nSPS) is 11.3. The summed E-state index contributed by atoms with van der Waals surface area (Å²) < 4.78 is 0. The van der Waals surface area contributed by atoms with Gasteiger partial charge in [-0.25, -0.2) is 4.79 Å². The average Bonchev–Trinajstić information content (AvgIpc) is 2.26. The fraction of sp³-hybridized carbons (Fsp3) is 0.273. The van der Waals surface area contributed by atoms with E-state index in [1.165, 1.54) is 6.92 Å². The Bertz CT molecular complexity index is 371. The van der Waals surface area contributed by atoms with Crippen LogP contribution in [0.4, 0.5) is 0 Å². The first-order chi connectivity index (χ1) is 7.13. The molecule has 0 aliphatic carbocycles. The van der Waals surface area contributed by atoms with Crippen molar-refractivity contribution in [3.05, 3.63) is 35.4 Å². The van der Waals surface area contributed by atoms with Crippen LogP contribution < -0.4 is 0 Å². The van der Waals surface area contributed by atoms with Gasteiger partial charge in [-0.15, -0.1) is 0 Å². The fourth-order valence-corrected chi connectivity index (χ4v) is 1.25. The van der Waals surface area contributed by atoms with Crippen LogP contribution in [-0.4, -0.2) is 11.7 Å². The number of thiol groups is 1. The molecule has 0 aliphatic heterocycles. The summed E-state index contributed by atoms with van der Waals surface area (Å²) in [5.74, 6) is 0.293. The van der Waals surface area contributed by atoms with Gasteiger partial charge in [0.25, 0.3) is 0 Å². The maximum absolute atomic E-state index is 10.5. The first kappa shape index (κ1) is 11.8. The molecule has 0 heterocycles. The Kier molecular flexibility index (Phi) is 4.37. The lowest BCUT2D eigenvalue weighted by Crippen LogP contribution is -1.99. The second-order valence-corrected chi connectivity index (χ2v) is 3.43. The minimum absolute atomic E-state index is 0.415. The van der Waals surface area contributed by atoms with Gasteiger partial charge in [-0.2, -0.15) is 12.6 Å². The molecule has 0 bridgehead atoms. The van der Waals surface area contributed by atoms with E-state index in [4.69, 9.17) is 0 Å². The largest absolute Gasteiger partial charge is 0.331 e. The van der Waals surface area contributed by atoms with Crippen molar-refractivity contribution in [3.8, 4) is 0 Å². The molecule has 1 aromatic carbocycles. The predicted octanol–water partition coefficient (Wildman–Crippen LogP) is 2.40. The molecule has 0 amide bonds. The maximum Gasteiger partial charge on any atom is 0.331 e. The molecule has 1 aromatic rings. The van der Waals surface area contributed by atoms with Gasteiger partial charge in [0, 0.05) is 12.7 Å². The van der Waals surface area contributed by atoms with Crippen LogP contribution in [0.15, 0.2) is 29.4 Å². The molecule has 0 saturated carbocycles. The van der Waals surface area contributed by atoms with E-state index in [9.17, 15) is 4.79 Å². The van der Waals surface area contributed by atoms with Gasteiger partial charge in [0.1, 0.15) is 0 Å². The van der Waals surface area contributed by atoms with Crippen molar-refractivity contribution in [2.45, 2.75) is 19.6 Å². The van der Waals surface area contributed by atoms with E-state index in [1.54, 1.807) is 6.92 Å². The van der Waals surface area contributed by atoms with Crippen molar-refractivity contribution in [1.82, 2.24) is 0 Å². The van der Waals surface area contributed by atoms with Crippen LogP contribution in [0, 0.1) is 0 Å². The lowest BCUT2D eigenvalue weighted by Gasteiger charge is -2.01. The van der Waals surface area contributed by atoms with Crippen LogP contribution in [0.3, 0.4) is 0 Å². The Morgan fingerprint density at radius 3 is 2.40 bits per heavy atom. The van der Waals surface area contributed by atoms with E-state index in [-0.39, 0.29) is 0 Å². The highest BCUT2D eigenvalue weighted by Gasteiger charge is 1.99. The zero-order valence-electron chi connectivity index (χ0n) is 8.73. The molecular formula is C11H13NO2S. The Morgan fingerprint density at radius 2 is 1.93 bits per heavy atom. The van der Waals surface area contributed by atoms with E-state index in [0.717, 1.165) is 11.1 Å². The summed E-state index contributed by atoms with van der Waals surface area (Å²) in [4.78, 5) is 15.1. The quantitative estimate of drug-likeness (QED) is 0.370. The molecule has 1 rings (SSSR count). The molecule has 0 aromatic heterocycles. The molecule has 0 aliphatic rings. The highest BCUT2D eigenvalue weighted by molar-refractivity contribution is 7.79. The van der Waals surface area contributed by atoms with Gasteiger partial charge in [-0.3, -0.25) is 0 Å². The minimum atomic E-state index is -0.415. The standard InChI is InChI=1S/C11H13NO2S/c1-8(12-14-9(2)13)11-5-3-10(7-15)4-6-11/h3-6,15H,7H2,1-2H3. The Morgan fingerprint density at radius 1 is 1.33 bits per heavy atom. The maximum atomic E-state index is 10.5. The minimum Gasteiger partial charge on any atom is -0.318 e. The Hall–Kier alpha value is -1.29. The molecule has 0 fully saturated rings. The van der Waals surface area contributed by atoms with Gasteiger partial charge >= 0.3 is 5.97 Å². The van der Waals surface area contributed by atoms with Crippen molar-refractivity contribution in [3.63, 3.8) is 0 Å². The molecule has 4 heteroatoms. The van der Waals surface area contributed by atoms with Crippen molar-refractivity contribution in [2.75, 3.05) is 0 Å². The number of rotatable bonds is 3. The van der Waals surface area contributed by atoms with Crippen LogP contribution in [0.25, 0.3) is 0 Å². The summed E-state index contributed by atoms with van der Waals surface area (Å²) in [6.07, 6.45) is 0. The van der Waals surface area contributed by atoms with Crippen molar-refractivity contribution >= 4 is 24.3 Å². The number of benzene rings is 1. The molecule has 0 N–H and O–H groups in total. The number of hydrogen-bond donors (Lipinski definition) is 1. The lowest BCUT2D eigenvalue weighted by atomic mass is 10.1. The molecule has 80 valence electrons. The number of oxime groups is 1. The van der Waals surface area contributed by atoms with Crippen LogP contribution >= 0.6 is 12.6 Å². The zero-order chi connectivity index (χ0) is 11.3. The zero-order valence-corrected chi connectivity index (χ0v) is 9.62. The van der Waals surface area contributed by atoms with Crippen LogP contribution in [0.2, 0.25) is 0 Å². The highest BCUT2D eigenvalue weighted by atomic mass is 32.1. The van der Waals surface area contributed by atoms with Gasteiger partial charge in [-0.1, -0.05) is 29.4 Å². The van der Waals surface area contributed by atoms with Gasteiger partial charge < -0.3 is 4.84 Å². The summed E-state index contributed by atoms with van der Waals surface area (Å²) in [7, 11) is 0. The van der Waals surface area contributed by atoms with Crippen LogP contribution in [0.1, 0.15) is 25.0 Å². The Balaban J connectivity index is 2.77. The molecule has 3 nitrogen and oxygen atoms in total. The smallest absolute Gasteiger partial charge is 0.318 e. The monoisotopic (exact) mass is 223 g/mol. The predicted molar refractivity (Wildman–Crippen MR) is 63.1 cm³/mol. The number of carbonyl (C=O) groups excluding carboxylic acids is 1. The second kappa shape index (κ2) is 5.56.